The summed E-state index contributed by atoms with van der Waals surface area (Å²) in [5, 5.41) is 2.25. The van der Waals surface area contributed by atoms with E-state index < -0.39 is 5.41 Å². The summed E-state index contributed by atoms with van der Waals surface area (Å²) in [4.78, 5) is 5.50. The van der Waals surface area contributed by atoms with Gasteiger partial charge in [-0.15, -0.1) is 0 Å². The van der Waals surface area contributed by atoms with E-state index in [1.165, 1.54) is 50.1 Å². The van der Waals surface area contributed by atoms with Crippen LogP contribution in [0.5, 0.6) is 0 Å². The molecule has 11 rings (SSSR count). The molecular weight excluding hydrogens is 657 g/mol. The first kappa shape index (κ1) is 30.6. The molecule has 0 saturated heterocycles. The Labute approximate surface area is 313 Å². The lowest BCUT2D eigenvalue weighted by Gasteiger charge is -2.32. The predicted molar refractivity (Wildman–Crippen MR) is 222 cm³/mol. The minimum absolute atomic E-state index is 0.434. The van der Waals surface area contributed by atoms with E-state index in [4.69, 9.17) is 15.1 Å². The number of aliphatic imine (C=N–C) groups is 1. The van der Waals surface area contributed by atoms with E-state index in [2.05, 4.69) is 152 Å². The molecule has 3 heteroatoms. The van der Waals surface area contributed by atoms with Crippen LogP contribution in [0, 0.1) is 0 Å². The second kappa shape index (κ2) is 11.8. The maximum Gasteiger partial charge on any atom is 0.143 e. The monoisotopic (exact) mass is 690 g/mol. The van der Waals surface area contributed by atoms with Gasteiger partial charge >= 0.3 is 0 Å². The third-order valence-electron chi connectivity index (χ3n) is 11.6. The summed E-state index contributed by atoms with van der Waals surface area (Å²) in [5.41, 5.74) is 25.4. The Hall–Kier alpha value is -6.97. The third-order valence-corrected chi connectivity index (χ3v) is 11.6. The smallest absolute Gasteiger partial charge is 0.143 e. The van der Waals surface area contributed by atoms with E-state index in [9.17, 15) is 0 Å². The van der Waals surface area contributed by atoms with Crippen LogP contribution in [0.4, 0.5) is 5.69 Å². The van der Waals surface area contributed by atoms with Crippen molar-refractivity contribution < 1.29 is 4.42 Å². The molecule has 0 saturated carbocycles. The lowest BCUT2D eigenvalue weighted by molar-refractivity contribution is 0.670. The molecule has 254 valence electrons. The predicted octanol–water partition coefficient (Wildman–Crippen LogP) is 12.2. The zero-order chi connectivity index (χ0) is 35.8. The highest BCUT2D eigenvalue weighted by Gasteiger charge is 2.52. The Morgan fingerprint density at radius 2 is 1.06 bits per heavy atom. The normalized spacial score (nSPS) is 13.6. The van der Waals surface area contributed by atoms with Crippen molar-refractivity contribution >= 4 is 33.3 Å². The Morgan fingerprint density at radius 1 is 0.500 bits per heavy atom. The molecule has 0 aliphatic heterocycles. The number of fused-ring (bicyclic) bond motifs is 13. The highest BCUT2D eigenvalue weighted by molar-refractivity contribution is 6.16. The summed E-state index contributed by atoms with van der Waals surface area (Å²) in [6.45, 7) is 0.493. The van der Waals surface area contributed by atoms with Gasteiger partial charge in [-0.2, -0.15) is 0 Å². The fourth-order valence-electron chi connectivity index (χ4n) is 9.36. The molecule has 0 amide bonds. The molecule has 1 heterocycles. The summed E-state index contributed by atoms with van der Waals surface area (Å²) < 4.78 is 6.39. The fraction of sp³-hybridized carbons (Fsp3) is 0.0392. The van der Waals surface area contributed by atoms with Crippen LogP contribution in [-0.2, 0) is 12.0 Å². The molecule has 0 unspecified atom stereocenters. The van der Waals surface area contributed by atoms with Crippen LogP contribution in [0.3, 0.4) is 0 Å². The molecule has 2 N–H and O–H groups in total. The minimum atomic E-state index is -0.434. The van der Waals surface area contributed by atoms with E-state index >= 15 is 0 Å². The van der Waals surface area contributed by atoms with E-state index in [-0.39, 0.29) is 0 Å². The van der Waals surface area contributed by atoms with Gasteiger partial charge in [0.2, 0.25) is 0 Å². The van der Waals surface area contributed by atoms with Gasteiger partial charge in [-0.25, -0.2) is 0 Å². The molecule has 2 aliphatic rings. The molecular formula is C51H34N2O. The number of anilines is 1. The number of rotatable bonds is 5. The van der Waals surface area contributed by atoms with Crippen LogP contribution in [0.15, 0.2) is 191 Å². The number of furan rings is 1. The van der Waals surface area contributed by atoms with E-state index in [0.717, 1.165) is 49.9 Å². The lowest BCUT2D eigenvalue weighted by Crippen LogP contribution is -2.27. The Kier molecular flexibility index (Phi) is 6.68. The molecule has 0 atom stereocenters. The summed E-state index contributed by atoms with van der Waals surface area (Å²) >= 11 is 0. The van der Waals surface area contributed by atoms with Crippen LogP contribution in [-0.4, -0.2) is 5.71 Å². The fourth-order valence-corrected chi connectivity index (χ4v) is 9.36. The minimum Gasteiger partial charge on any atom is -0.455 e. The van der Waals surface area contributed by atoms with Gasteiger partial charge in [0.15, 0.2) is 0 Å². The average molecular weight is 691 g/mol. The van der Waals surface area contributed by atoms with Crippen LogP contribution in [0.2, 0.25) is 0 Å². The zero-order valence-corrected chi connectivity index (χ0v) is 29.5. The van der Waals surface area contributed by atoms with Crippen molar-refractivity contribution in [2.45, 2.75) is 12.0 Å². The quantitative estimate of drug-likeness (QED) is 0.144. The zero-order valence-electron chi connectivity index (χ0n) is 29.5. The molecule has 1 spiro atoms. The van der Waals surface area contributed by atoms with Crippen molar-refractivity contribution in [2.75, 3.05) is 5.73 Å². The van der Waals surface area contributed by atoms with Gasteiger partial charge in [-0.1, -0.05) is 170 Å². The van der Waals surface area contributed by atoms with Gasteiger partial charge in [-0.3, -0.25) is 4.99 Å². The van der Waals surface area contributed by atoms with Crippen molar-refractivity contribution in [3.63, 3.8) is 0 Å². The van der Waals surface area contributed by atoms with Gasteiger partial charge in [-0.05, 0) is 67.8 Å². The molecule has 3 nitrogen and oxygen atoms in total. The largest absolute Gasteiger partial charge is 0.455 e. The highest BCUT2D eigenvalue weighted by atomic mass is 16.3. The number of nitrogens with zero attached hydrogens (tertiary/aromatic N) is 1. The SMILES string of the molecule is Nc1ccccc1C(=NCc1cccc2c1C1(c3ccccc3-c3ccccc31)c1ccccc1-2)c1ccc(-c2cccc3c2oc2ccccc23)cc1. The van der Waals surface area contributed by atoms with Crippen molar-refractivity contribution in [1.82, 2.24) is 0 Å². The van der Waals surface area contributed by atoms with Crippen molar-refractivity contribution in [1.29, 1.82) is 0 Å². The van der Waals surface area contributed by atoms with Crippen LogP contribution in [0.1, 0.15) is 38.9 Å². The Morgan fingerprint density at radius 3 is 1.78 bits per heavy atom. The first-order valence-corrected chi connectivity index (χ1v) is 18.5. The Balaban J connectivity index is 1.07. The average Bonchev–Trinajstić information content (AvgIpc) is 3.86. The number of nitrogens with two attached hydrogens (primary N) is 1. The summed E-state index contributed by atoms with van der Waals surface area (Å²) in [6, 6.07) is 64.9. The van der Waals surface area contributed by atoms with Crippen LogP contribution in [0.25, 0.3) is 55.3 Å². The summed E-state index contributed by atoms with van der Waals surface area (Å²) in [5.74, 6) is 0. The van der Waals surface area contributed by atoms with Crippen LogP contribution < -0.4 is 5.73 Å². The number of benzene rings is 8. The molecule has 2 aliphatic carbocycles. The van der Waals surface area contributed by atoms with Gasteiger partial charge in [0.05, 0.1) is 17.7 Å². The maximum absolute atomic E-state index is 6.70. The Bertz CT molecular complexity index is 2920. The van der Waals surface area contributed by atoms with Crippen molar-refractivity contribution in [2.24, 2.45) is 4.99 Å². The lowest BCUT2D eigenvalue weighted by atomic mass is 9.69. The molecule has 0 bridgehead atoms. The number of hydrogen-bond acceptors (Lipinski definition) is 3. The first-order valence-electron chi connectivity index (χ1n) is 18.5. The van der Waals surface area contributed by atoms with Crippen LogP contribution >= 0.6 is 0 Å². The van der Waals surface area contributed by atoms with Gasteiger partial charge < -0.3 is 10.2 Å². The van der Waals surface area contributed by atoms with Gasteiger partial charge in [0, 0.05) is 33.2 Å². The third kappa shape index (κ3) is 4.27. The van der Waals surface area contributed by atoms with Gasteiger partial charge in [0.1, 0.15) is 11.2 Å². The molecule has 8 aromatic carbocycles. The number of nitrogen functional groups attached to an aromatic ring is 1. The summed E-state index contributed by atoms with van der Waals surface area (Å²) in [7, 11) is 0. The highest BCUT2D eigenvalue weighted by Crippen LogP contribution is 2.63. The second-order valence-corrected chi connectivity index (χ2v) is 14.3. The second-order valence-electron chi connectivity index (χ2n) is 14.3. The molecule has 0 fully saturated rings. The maximum atomic E-state index is 6.70. The van der Waals surface area contributed by atoms with Crippen molar-refractivity contribution in [3.05, 3.63) is 221 Å². The standard InChI is InChI=1S/C51H34N2O/c52-46-25-9-4-18-42(46)49(33-29-27-32(28-30-33)35-19-12-21-41-39-17-5-10-26-47(39)54-50(35)41)53-31-34-13-11-20-40-38-16-3-8-24-45(38)51(48(34)40)43-22-6-1-14-36(43)37-15-2-7-23-44(37)51/h1-30H,31,52H2. The van der Waals surface area contributed by atoms with E-state index in [0.29, 0.717) is 12.2 Å². The van der Waals surface area contributed by atoms with Crippen molar-refractivity contribution in [3.8, 4) is 33.4 Å². The first-order chi connectivity index (χ1) is 26.7. The summed E-state index contributed by atoms with van der Waals surface area (Å²) in [6.07, 6.45) is 0. The van der Waals surface area contributed by atoms with E-state index in [1.807, 2.05) is 30.3 Å². The topological polar surface area (TPSA) is 51.5 Å². The number of hydrogen-bond donors (Lipinski definition) is 1. The molecule has 54 heavy (non-hydrogen) atoms. The molecule has 9 aromatic rings. The number of para-hydroxylation sites is 3. The van der Waals surface area contributed by atoms with Gasteiger partial charge in [0.25, 0.3) is 0 Å². The van der Waals surface area contributed by atoms with E-state index in [1.54, 1.807) is 0 Å². The molecule has 0 radical (unpaired) electrons. The molecule has 1 aromatic heterocycles.